The van der Waals surface area contributed by atoms with E-state index in [9.17, 15) is 0 Å². The zero-order valence-corrected chi connectivity index (χ0v) is 29.6. The largest absolute Gasteiger partial charge is 0.456 e. The topological polar surface area (TPSA) is 16.4 Å². The Morgan fingerprint density at radius 3 is 1.65 bits per heavy atom. The lowest BCUT2D eigenvalue weighted by atomic mass is 9.95. The van der Waals surface area contributed by atoms with Crippen molar-refractivity contribution in [3.05, 3.63) is 212 Å². The molecule has 0 saturated heterocycles. The summed E-state index contributed by atoms with van der Waals surface area (Å²) >= 11 is 0. The van der Waals surface area contributed by atoms with E-state index in [0.29, 0.717) is 0 Å². The van der Waals surface area contributed by atoms with Gasteiger partial charge in [-0.3, -0.25) is 0 Å². The summed E-state index contributed by atoms with van der Waals surface area (Å²) in [5, 5.41) is 4.79. The van der Waals surface area contributed by atoms with Gasteiger partial charge in [-0.1, -0.05) is 158 Å². The highest BCUT2D eigenvalue weighted by atomic mass is 16.3. The number of hydrogen-bond acceptors (Lipinski definition) is 2. The van der Waals surface area contributed by atoms with E-state index in [1.807, 2.05) is 12.1 Å². The third kappa shape index (κ3) is 5.71. The van der Waals surface area contributed by atoms with Gasteiger partial charge in [0, 0.05) is 27.8 Å². The number of rotatable bonds is 7. The molecule has 0 radical (unpaired) electrons. The molecule has 0 aliphatic rings. The van der Waals surface area contributed by atoms with E-state index in [-0.39, 0.29) is 0 Å². The minimum absolute atomic E-state index is 0.902. The number of nitrogens with zero attached hydrogens (tertiary/aromatic N) is 1. The minimum atomic E-state index is 0.902. The van der Waals surface area contributed by atoms with Crippen LogP contribution in [-0.4, -0.2) is 0 Å². The molecule has 10 rings (SSSR count). The molecule has 0 aliphatic carbocycles. The van der Waals surface area contributed by atoms with Crippen LogP contribution in [0.3, 0.4) is 0 Å². The van der Waals surface area contributed by atoms with E-state index in [2.05, 4.69) is 205 Å². The normalized spacial score (nSPS) is 11.3. The van der Waals surface area contributed by atoms with Crippen LogP contribution in [0.4, 0.5) is 17.1 Å². The summed E-state index contributed by atoms with van der Waals surface area (Å²) in [6.45, 7) is 0. The van der Waals surface area contributed by atoms with E-state index >= 15 is 0 Å². The number of benzene rings is 9. The lowest BCUT2D eigenvalue weighted by molar-refractivity contribution is 0.669. The predicted molar refractivity (Wildman–Crippen MR) is 228 cm³/mol. The van der Waals surface area contributed by atoms with Crippen molar-refractivity contribution in [2.45, 2.75) is 0 Å². The van der Waals surface area contributed by atoms with Crippen LogP contribution in [0.1, 0.15) is 0 Å². The lowest BCUT2D eigenvalue weighted by Gasteiger charge is -2.26. The fourth-order valence-corrected chi connectivity index (χ4v) is 7.85. The van der Waals surface area contributed by atoms with Gasteiger partial charge in [0.25, 0.3) is 0 Å². The standard InChI is InChI=1S/C52H35NO/c1-2-12-36(13-3-1)37-26-30-43(31-27-37)53(44-32-28-39(29-33-44)48-23-11-25-51-52(48)49-21-6-7-24-50(49)54-51)45-19-9-17-41(35-45)40-16-8-18-42(34-40)47-22-10-15-38-14-4-5-20-46(38)47/h1-35H. The molecule has 1 aromatic heterocycles. The van der Waals surface area contributed by atoms with Gasteiger partial charge < -0.3 is 9.32 Å². The minimum Gasteiger partial charge on any atom is -0.456 e. The Bertz CT molecular complexity index is 2920. The van der Waals surface area contributed by atoms with Crippen molar-refractivity contribution in [1.29, 1.82) is 0 Å². The second-order valence-electron chi connectivity index (χ2n) is 13.7. The van der Waals surface area contributed by atoms with Crippen LogP contribution in [0, 0.1) is 0 Å². The molecular formula is C52H35NO. The quantitative estimate of drug-likeness (QED) is 0.166. The number of hydrogen-bond donors (Lipinski definition) is 0. The molecule has 2 heteroatoms. The SMILES string of the molecule is c1ccc(-c2ccc(N(c3ccc(-c4cccc5oc6ccccc6c45)cc3)c3cccc(-c4cccc(-c5cccc6ccccc56)c4)c3)cc2)cc1. The molecule has 0 fully saturated rings. The summed E-state index contributed by atoms with van der Waals surface area (Å²) in [6, 6.07) is 75.9. The Balaban J connectivity index is 1.07. The molecule has 2 nitrogen and oxygen atoms in total. The molecular weight excluding hydrogens is 655 g/mol. The van der Waals surface area contributed by atoms with Crippen molar-refractivity contribution >= 4 is 49.8 Å². The Morgan fingerprint density at radius 1 is 0.296 bits per heavy atom. The van der Waals surface area contributed by atoms with Crippen LogP contribution in [0.5, 0.6) is 0 Å². The maximum Gasteiger partial charge on any atom is 0.136 e. The first kappa shape index (κ1) is 31.6. The first-order chi connectivity index (χ1) is 26.8. The Hall–Kier alpha value is -7.16. The Morgan fingerprint density at radius 2 is 0.833 bits per heavy atom. The van der Waals surface area contributed by atoms with Crippen LogP contribution in [0.15, 0.2) is 217 Å². The molecule has 0 N–H and O–H groups in total. The van der Waals surface area contributed by atoms with Crippen LogP contribution >= 0.6 is 0 Å². The predicted octanol–water partition coefficient (Wildman–Crippen LogP) is 14.9. The zero-order chi connectivity index (χ0) is 35.8. The highest BCUT2D eigenvalue weighted by Gasteiger charge is 2.17. The summed E-state index contributed by atoms with van der Waals surface area (Å²) in [6.07, 6.45) is 0. The van der Waals surface area contributed by atoms with E-state index in [4.69, 9.17) is 4.42 Å². The fourth-order valence-electron chi connectivity index (χ4n) is 7.85. The zero-order valence-electron chi connectivity index (χ0n) is 29.6. The molecule has 254 valence electrons. The summed E-state index contributed by atoms with van der Waals surface area (Å²) in [4.78, 5) is 2.35. The molecule has 10 aromatic rings. The van der Waals surface area contributed by atoms with Crippen LogP contribution in [0.2, 0.25) is 0 Å². The molecule has 54 heavy (non-hydrogen) atoms. The number of para-hydroxylation sites is 1. The molecule has 0 aliphatic heterocycles. The smallest absolute Gasteiger partial charge is 0.136 e. The number of anilines is 3. The van der Waals surface area contributed by atoms with Gasteiger partial charge in [0.1, 0.15) is 11.2 Å². The summed E-state index contributed by atoms with van der Waals surface area (Å²) in [5.41, 5.74) is 14.6. The van der Waals surface area contributed by atoms with Crippen molar-refractivity contribution in [3.63, 3.8) is 0 Å². The molecule has 0 bridgehead atoms. The average Bonchev–Trinajstić information content (AvgIpc) is 3.64. The van der Waals surface area contributed by atoms with Gasteiger partial charge in [-0.15, -0.1) is 0 Å². The maximum atomic E-state index is 6.22. The summed E-state index contributed by atoms with van der Waals surface area (Å²) in [5.74, 6) is 0. The Labute approximate surface area is 314 Å². The second kappa shape index (κ2) is 13.4. The van der Waals surface area contributed by atoms with Crippen LogP contribution in [0.25, 0.3) is 77.2 Å². The number of furan rings is 1. The van der Waals surface area contributed by atoms with Gasteiger partial charge in [-0.25, -0.2) is 0 Å². The number of fused-ring (bicyclic) bond motifs is 4. The fraction of sp³-hybridized carbons (Fsp3) is 0. The van der Waals surface area contributed by atoms with Gasteiger partial charge in [-0.05, 0) is 110 Å². The monoisotopic (exact) mass is 689 g/mol. The third-order valence-electron chi connectivity index (χ3n) is 10.5. The van der Waals surface area contributed by atoms with Gasteiger partial charge in [0.05, 0.1) is 0 Å². The average molecular weight is 690 g/mol. The molecule has 0 saturated carbocycles. The lowest BCUT2D eigenvalue weighted by Crippen LogP contribution is -2.10. The van der Waals surface area contributed by atoms with Gasteiger partial charge in [0.2, 0.25) is 0 Å². The molecule has 1 heterocycles. The van der Waals surface area contributed by atoms with Crippen molar-refractivity contribution < 1.29 is 4.42 Å². The van der Waals surface area contributed by atoms with E-state index in [0.717, 1.165) is 55.7 Å². The first-order valence-electron chi connectivity index (χ1n) is 18.4. The van der Waals surface area contributed by atoms with E-state index in [1.165, 1.54) is 38.6 Å². The molecule has 0 spiro atoms. The maximum absolute atomic E-state index is 6.22. The summed E-state index contributed by atoms with van der Waals surface area (Å²) < 4.78 is 6.22. The van der Waals surface area contributed by atoms with Crippen molar-refractivity contribution in [3.8, 4) is 44.5 Å². The van der Waals surface area contributed by atoms with Crippen molar-refractivity contribution in [1.82, 2.24) is 0 Å². The highest BCUT2D eigenvalue weighted by molar-refractivity contribution is 6.12. The highest BCUT2D eigenvalue weighted by Crippen LogP contribution is 2.41. The van der Waals surface area contributed by atoms with E-state index in [1.54, 1.807) is 0 Å². The molecule has 0 unspecified atom stereocenters. The Kier molecular flexibility index (Phi) is 7.85. The van der Waals surface area contributed by atoms with Crippen LogP contribution in [-0.2, 0) is 0 Å². The van der Waals surface area contributed by atoms with Crippen molar-refractivity contribution in [2.75, 3.05) is 4.90 Å². The summed E-state index contributed by atoms with van der Waals surface area (Å²) in [7, 11) is 0. The first-order valence-corrected chi connectivity index (χ1v) is 18.4. The van der Waals surface area contributed by atoms with Crippen LogP contribution < -0.4 is 4.90 Å². The molecule has 0 atom stereocenters. The van der Waals surface area contributed by atoms with Gasteiger partial charge in [0.15, 0.2) is 0 Å². The third-order valence-corrected chi connectivity index (χ3v) is 10.5. The molecule has 0 amide bonds. The van der Waals surface area contributed by atoms with Gasteiger partial charge in [-0.2, -0.15) is 0 Å². The molecule has 9 aromatic carbocycles. The van der Waals surface area contributed by atoms with Crippen molar-refractivity contribution in [2.24, 2.45) is 0 Å². The van der Waals surface area contributed by atoms with Gasteiger partial charge >= 0.3 is 0 Å². The van der Waals surface area contributed by atoms with E-state index < -0.39 is 0 Å². The second-order valence-corrected chi connectivity index (χ2v) is 13.7.